The van der Waals surface area contributed by atoms with E-state index < -0.39 is 0 Å². The summed E-state index contributed by atoms with van der Waals surface area (Å²) in [6.45, 7) is 3.93. The molecule has 3 N–H and O–H groups in total. The Kier molecular flexibility index (Phi) is 5.77. The van der Waals surface area contributed by atoms with E-state index in [9.17, 15) is 4.79 Å². The quantitative estimate of drug-likeness (QED) is 0.438. The zero-order valence-corrected chi connectivity index (χ0v) is 18.2. The van der Waals surface area contributed by atoms with Gasteiger partial charge in [0.05, 0.1) is 0 Å². The summed E-state index contributed by atoms with van der Waals surface area (Å²) in [5, 5.41) is 12.0. The highest BCUT2D eigenvalue weighted by Gasteiger charge is 2.23. The molecule has 0 spiro atoms. The maximum Gasteiger partial charge on any atom is 0.264 e. The maximum atomic E-state index is 12.5. The molecule has 31 heavy (non-hydrogen) atoms. The summed E-state index contributed by atoms with van der Waals surface area (Å²) in [5.41, 5.74) is 10.6. The second-order valence-electron chi connectivity index (χ2n) is 7.14. The number of amides is 1. The maximum absolute atomic E-state index is 12.5. The lowest BCUT2D eigenvalue weighted by atomic mass is 10.1. The van der Waals surface area contributed by atoms with E-state index in [0.717, 1.165) is 22.4 Å². The smallest absolute Gasteiger partial charge is 0.264 e. The van der Waals surface area contributed by atoms with E-state index in [1.54, 1.807) is 0 Å². The van der Waals surface area contributed by atoms with Crippen LogP contribution in [0.5, 0.6) is 0 Å². The molecular formula is C22H22N6O2S. The third-order valence-corrected chi connectivity index (χ3v) is 5.34. The van der Waals surface area contributed by atoms with Crippen molar-refractivity contribution in [2.75, 3.05) is 17.3 Å². The van der Waals surface area contributed by atoms with Gasteiger partial charge in [0.15, 0.2) is 0 Å². The number of carbonyl (C=O) groups excluding carboxylic acids is 1. The number of nitrogens with zero attached hydrogens (tertiary/aromatic N) is 4. The van der Waals surface area contributed by atoms with Gasteiger partial charge in [0.1, 0.15) is 23.0 Å². The standard InChI is InChI=1S/C22H22N6O2S/c1-13-6-4-8-15(10-13)20-25-21(30-27-20)18-19(23)28(26-22(18)31-3)12-17(29)24-16-9-5-7-14(2)11-16/h4-11H,12,23H2,1-3H3,(H,24,29). The number of anilines is 2. The second kappa shape index (κ2) is 8.65. The minimum absolute atomic E-state index is 0.0355. The second-order valence-corrected chi connectivity index (χ2v) is 7.93. The number of hydrogen-bond donors (Lipinski definition) is 2. The Morgan fingerprint density at radius 1 is 1.16 bits per heavy atom. The molecule has 8 nitrogen and oxygen atoms in total. The first-order chi connectivity index (χ1) is 14.9. The number of aromatic nitrogens is 4. The molecule has 2 aromatic carbocycles. The summed E-state index contributed by atoms with van der Waals surface area (Å²) in [6, 6.07) is 15.4. The summed E-state index contributed by atoms with van der Waals surface area (Å²) in [5.74, 6) is 0.798. The fraction of sp³-hybridized carbons (Fsp3) is 0.182. The van der Waals surface area contributed by atoms with Crippen LogP contribution in [-0.2, 0) is 11.3 Å². The lowest BCUT2D eigenvalue weighted by Gasteiger charge is -2.07. The van der Waals surface area contributed by atoms with Gasteiger partial charge in [0.25, 0.3) is 5.89 Å². The van der Waals surface area contributed by atoms with Crippen LogP contribution in [0.1, 0.15) is 11.1 Å². The number of rotatable bonds is 6. The van der Waals surface area contributed by atoms with Crippen molar-refractivity contribution in [1.29, 1.82) is 0 Å². The molecule has 0 bridgehead atoms. The lowest BCUT2D eigenvalue weighted by Crippen LogP contribution is -2.20. The number of hydrogen-bond acceptors (Lipinski definition) is 7. The third-order valence-electron chi connectivity index (χ3n) is 4.66. The molecule has 4 aromatic rings. The van der Waals surface area contributed by atoms with Gasteiger partial charge in [-0.3, -0.25) is 4.79 Å². The Hall–Kier alpha value is -3.59. The molecule has 0 atom stereocenters. The minimum atomic E-state index is -0.231. The number of aryl methyl sites for hydroxylation is 2. The average Bonchev–Trinajstić information content (AvgIpc) is 3.33. The Labute approximate surface area is 183 Å². The van der Waals surface area contributed by atoms with Gasteiger partial charge in [-0.05, 0) is 43.9 Å². The highest BCUT2D eigenvalue weighted by atomic mass is 32.2. The van der Waals surface area contributed by atoms with Crippen LogP contribution in [0.15, 0.2) is 58.1 Å². The van der Waals surface area contributed by atoms with E-state index in [1.165, 1.54) is 16.4 Å². The summed E-state index contributed by atoms with van der Waals surface area (Å²) in [7, 11) is 0. The highest BCUT2D eigenvalue weighted by molar-refractivity contribution is 7.98. The van der Waals surface area contributed by atoms with Crippen molar-refractivity contribution in [3.05, 3.63) is 59.7 Å². The molecule has 0 aliphatic heterocycles. The van der Waals surface area contributed by atoms with Crippen molar-refractivity contribution < 1.29 is 9.32 Å². The van der Waals surface area contributed by atoms with E-state index in [2.05, 4.69) is 20.6 Å². The molecule has 2 aromatic heterocycles. The molecule has 0 fully saturated rings. The molecule has 0 saturated heterocycles. The molecule has 0 radical (unpaired) electrons. The first-order valence-electron chi connectivity index (χ1n) is 9.62. The minimum Gasteiger partial charge on any atom is -0.383 e. The Bertz CT molecular complexity index is 1250. The largest absolute Gasteiger partial charge is 0.383 e. The summed E-state index contributed by atoms with van der Waals surface area (Å²) in [6.07, 6.45) is 1.88. The van der Waals surface area contributed by atoms with E-state index >= 15 is 0 Å². The van der Waals surface area contributed by atoms with Crippen molar-refractivity contribution in [2.24, 2.45) is 0 Å². The SMILES string of the molecule is CSc1nn(CC(=O)Nc2cccc(C)c2)c(N)c1-c1nc(-c2cccc(C)c2)no1. The van der Waals surface area contributed by atoms with Gasteiger partial charge < -0.3 is 15.6 Å². The fourth-order valence-electron chi connectivity index (χ4n) is 3.20. The average molecular weight is 435 g/mol. The number of nitrogens with one attached hydrogen (secondary N) is 1. The Morgan fingerprint density at radius 3 is 2.61 bits per heavy atom. The van der Waals surface area contributed by atoms with Crippen LogP contribution < -0.4 is 11.1 Å². The zero-order valence-electron chi connectivity index (χ0n) is 17.4. The van der Waals surface area contributed by atoms with E-state index in [0.29, 0.717) is 22.2 Å². The lowest BCUT2D eigenvalue weighted by molar-refractivity contribution is -0.116. The molecule has 158 valence electrons. The molecule has 0 aliphatic rings. The van der Waals surface area contributed by atoms with Crippen LogP contribution in [0.25, 0.3) is 22.8 Å². The van der Waals surface area contributed by atoms with Gasteiger partial charge in [-0.2, -0.15) is 10.1 Å². The van der Waals surface area contributed by atoms with Crippen LogP contribution in [0.2, 0.25) is 0 Å². The van der Waals surface area contributed by atoms with Crippen molar-refractivity contribution in [2.45, 2.75) is 25.4 Å². The van der Waals surface area contributed by atoms with Crippen molar-refractivity contribution >= 4 is 29.2 Å². The van der Waals surface area contributed by atoms with Crippen LogP contribution in [0.3, 0.4) is 0 Å². The van der Waals surface area contributed by atoms with Gasteiger partial charge in [-0.15, -0.1) is 11.8 Å². The number of thioether (sulfide) groups is 1. The normalized spacial score (nSPS) is 10.9. The van der Waals surface area contributed by atoms with Crippen molar-refractivity contribution in [1.82, 2.24) is 19.9 Å². The fourth-order valence-corrected chi connectivity index (χ4v) is 3.78. The number of carbonyl (C=O) groups is 1. The number of nitrogen functional groups attached to an aromatic ring is 1. The molecule has 0 saturated carbocycles. The predicted octanol–water partition coefficient (Wildman–Crippen LogP) is 4.16. The molecular weight excluding hydrogens is 412 g/mol. The van der Waals surface area contributed by atoms with Crippen LogP contribution in [-0.4, -0.2) is 32.1 Å². The van der Waals surface area contributed by atoms with Crippen LogP contribution in [0, 0.1) is 13.8 Å². The molecule has 0 unspecified atom stereocenters. The summed E-state index contributed by atoms with van der Waals surface area (Å²) in [4.78, 5) is 17.0. The summed E-state index contributed by atoms with van der Waals surface area (Å²) < 4.78 is 6.93. The van der Waals surface area contributed by atoms with Gasteiger partial charge in [0.2, 0.25) is 11.7 Å². The number of benzene rings is 2. The zero-order chi connectivity index (χ0) is 22.0. The molecule has 9 heteroatoms. The monoisotopic (exact) mass is 434 g/mol. The van der Waals surface area contributed by atoms with Crippen molar-refractivity contribution in [3.63, 3.8) is 0 Å². The van der Waals surface area contributed by atoms with Crippen LogP contribution >= 0.6 is 11.8 Å². The van der Waals surface area contributed by atoms with Crippen LogP contribution in [0.4, 0.5) is 11.5 Å². The van der Waals surface area contributed by atoms with Gasteiger partial charge >= 0.3 is 0 Å². The van der Waals surface area contributed by atoms with Gasteiger partial charge in [-0.1, -0.05) is 41.1 Å². The molecule has 4 rings (SSSR count). The topological polar surface area (TPSA) is 112 Å². The first kappa shape index (κ1) is 20.7. The summed E-state index contributed by atoms with van der Waals surface area (Å²) >= 11 is 1.39. The van der Waals surface area contributed by atoms with E-state index in [1.807, 2.05) is 68.6 Å². The molecule has 0 aliphatic carbocycles. The Balaban J connectivity index is 1.59. The Morgan fingerprint density at radius 2 is 1.90 bits per heavy atom. The highest BCUT2D eigenvalue weighted by Crippen LogP contribution is 2.35. The van der Waals surface area contributed by atoms with Crippen molar-refractivity contribution in [3.8, 4) is 22.8 Å². The molecule has 1 amide bonds. The predicted molar refractivity (Wildman–Crippen MR) is 122 cm³/mol. The number of nitrogens with two attached hydrogens (primary N) is 1. The van der Waals surface area contributed by atoms with Gasteiger partial charge in [0, 0.05) is 11.3 Å². The van der Waals surface area contributed by atoms with E-state index in [-0.39, 0.29) is 18.3 Å². The van der Waals surface area contributed by atoms with Gasteiger partial charge in [-0.25, -0.2) is 4.68 Å². The molecule has 2 heterocycles. The first-order valence-corrected chi connectivity index (χ1v) is 10.8. The van der Waals surface area contributed by atoms with E-state index in [4.69, 9.17) is 10.3 Å². The third kappa shape index (κ3) is 4.46.